The van der Waals surface area contributed by atoms with Crippen molar-refractivity contribution in [2.24, 2.45) is 0 Å². The van der Waals surface area contributed by atoms with Crippen LogP contribution in [-0.2, 0) is 0 Å². The molecule has 0 unspecified atom stereocenters. The molecule has 2 N–H and O–H groups in total. The topological polar surface area (TPSA) is 49.3 Å². The molecule has 2 rings (SSSR count). The molecule has 0 radical (unpaired) electrons. The van der Waals surface area contributed by atoms with Crippen LogP contribution in [0.15, 0.2) is 46.9 Å². The highest BCUT2D eigenvalue weighted by Gasteiger charge is 2.14. The second kappa shape index (κ2) is 5.42. The van der Waals surface area contributed by atoms with Crippen LogP contribution in [0, 0.1) is 0 Å². The fourth-order valence-corrected chi connectivity index (χ4v) is 2.00. The van der Waals surface area contributed by atoms with Crippen LogP contribution in [0.4, 0.5) is 5.69 Å². The second-order valence-corrected chi connectivity index (χ2v) is 4.83. The Morgan fingerprint density at radius 2 is 1.89 bits per heavy atom. The normalized spacial score (nSPS) is 10.1. The Bertz CT molecular complexity index is 601. The Morgan fingerprint density at radius 1 is 1.17 bits per heavy atom. The van der Waals surface area contributed by atoms with Gasteiger partial charge in [0.1, 0.15) is 5.75 Å². The van der Waals surface area contributed by atoms with Gasteiger partial charge in [0.05, 0.1) is 20.7 Å². The van der Waals surface area contributed by atoms with E-state index in [0.29, 0.717) is 15.2 Å². The zero-order chi connectivity index (χ0) is 13.1. The highest BCUT2D eigenvalue weighted by Crippen LogP contribution is 2.29. The maximum Gasteiger partial charge on any atom is 0.259 e. The number of carbonyl (C=O) groups excluding carboxylic acids is 1. The number of rotatable bonds is 2. The van der Waals surface area contributed by atoms with Gasteiger partial charge in [0.25, 0.3) is 5.91 Å². The Balaban J connectivity index is 2.28. The lowest BCUT2D eigenvalue weighted by Crippen LogP contribution is -2.12. The van der Waals surface area contributed by atoms with E-state index in [-0.39, 0.29) is 11.3 Å². The third-order valence-electron chi connectivity index (χ3n) is 2.35. The van der Waals surface area contributed by atoms with Gasteiger partial charge in [-0.15, -0.1) is 0 Å². The Kier molecular flexibility index (Phi) is 3.89. The van der Waals surface area contributed by atoms with E-state index in [2.05, 4.69) is 21.2 Å². The lowest BCUT2D eigenvalue weighted by atomic mass is 10.2. The number of amides is 1. The third kappa shape index (κ3) is 2.66. The van der Waals surface area contributed by atoms with Crippen molar-refractivity contribution in [1.82, 2.24) is 0 Å². The van der Waals surface area contributed by atoms with E-state index in [1.807, 2.05) is 0 Å². The predicted octanol–water partition coefficient (Wildman–Crippen LogP) is 4.06. The monoisotopic (exact) mass is 325 g/mol. The first-order chi connectivity index (χ1) is 8.59. The summed E-state index contributed by atoms with van der Waals surface area (Å²) in [6.45, 7) is 0. The van der Waals surface area contributed by atoms with E-state index in [0.717, 1.165) is 0 Å². The molecule has 0 aromatic heterocycles. The highest BCUT2D eigenvalue weighted by atomic mass is 79.9. The van der Waals surface area contributed by atoms with Crippen LogP contribution in [0.5, 0.6) is 5.75 Å². The van der Waals surface area contributed by atoms with Crippen LogP contribution in [0.25, 0.3) is 0 Å². The Hall–Kier alpha value is -1.52. The Morgan fingerprint density at radius 3 is 2.61 bits per heavy atom. The predicted molar refractivity (Wildman–Crippen MR) is 75.2 cm³/mol. The first kappa shape index (κ1) is 12.9. The van der Waals surface area contributed by atoms with Crippen LogP contribution in [0.2, 0.25) is 5.02 Å². The molecular weight excluding hydrogens is 318 g/mol. The molecule has 3 nitrogen and oxygen atoms in total. The lowest BCUT2D eigenvalue weighted by molar-refractivity contribution is 0.102. The number of anilines is 1. The highest BCUT2D eigenvalue weighted by molar-refractivity contribution is 9.10. The molecular formula is C13H9BrClNO2. The summed E-state index contributed by atoms with van der Waals surface area (Å²) in [6, 6.07) is 11.8. The van der Waals surface area contributed by atoms with Gasteiger partial charge in [0.15, 0.2) is 0 Å². The summed E-state index contributed by atoms with van der Waals surface area (Å²) in [5.74, 6) is -0.510. The molecule has 1 amide bonds. The molecule has 0 bridgehead atoms. The minimum Gasteiger partial charge on any atom is -0.506 e. The fraction of sp³-hybridized carbons (Fsp3) is 0. The van der Waals surface area contributed by atoms with Crippen molar-refractivity contribution in [2.75, 3.05) is 5.32 Å². The molecule has 0 fully saturated rings. The number of carbonyl (C=O) groups is 1. The van der Waals surface area contributed by atoms with E-state index in [1.165, 1.54) is 6.07 Å². The van der Waals surface area contributed by atoms with E-state index in [9.17, 15) is 9.90 Å². The van der Waals surface area contributed by atoms with Gasteiger partial charge in [0, 0.05) is 0 Å². The molecule has 0 atom stereocenters. The first-order valence-electron chi connectivity index (χ1n) is 5.13. The number of hydrogen-bond acceptors (Lipinski definition) is 2. The van der Waals surface area contributed by atoms with E-state index in [1.54, 1.807) is 36.4 Å². The largest absolute Gasteiger partial charge is 0.506 e. The molecule has 2 aromatic rings. The molecule has 0 aliphatic rings. The van der Waals surface area contributed by atoms with Gasteiger partial charge in [-0.3, -0.25) is 4.79 Å². The van der Waals surface area contributed by atoms with Gasteiger partial charge in [-0.2, -0.15) is 0 Å². The summed E-state index contributed by atoms with van der Waals surface area (Å²) in [6.07, 6.45) is 0. The van der Waals surface area contributed by atoms with Gasteiger partial charge < -0.3 is 10.4 Å². The van der Waals surface area contributed by atoms with Crippen molar-refractivity contribution >= 4 is 39.1 Å². The number of aromatic hydroxyl groups is 1. The quantitative estimate of drug-likeness (QED) is 0.874. The molecule has 0 heterocycles. The van der Waals surface area contributed by atoms with Crippen LogP contribution >= 0.6 is 27.5 Å². The van der Waals surface area contributed by atoms with Crippen molar-refractivity contribution in [2.45, 2.75) is 0 Å². The lowest BCUT2D eigenvalue weighted by Gasteiger charge is -2.08. The SMILES string of the molecule is O=C(Nc1ccccc1Cl)c1cccc(Br)c1O. The number of halogens is 2. The van der Waals surface area contributed by atoms with Crippen molar-refractivity contribution < 1.29 is 9.90 Å². The summed E-state index contributed by atoms with van der Waals surface area (Å²) in [7, 11) is 0. The number of phenols is 1. The zero-order valence-electron chi connectivity index (χ0n) is 9.15. The number of nitrogens with one attached hydrogen (secondary N) is 1. The number of benzene rings is 2. The van der Waals surface area contributed by atoms with Crippen LogP contribution in [0.1, 0.15) is 10.4 Å². The average molecular weight is 327 g/mol. The molecule has 0 saturated heterocycles. The van der Waals surface area contributed by atoms with Gasteiger partial charge in [0.2, 0.25) is 0 Å². The van der Waals surface area contributed by atoms with Crippen molar-refractivity contribution in [3.05, 3.63) is 57.5 Å². The summed E-state index contributed by atoms with van der Waals surface area (Å²) in [4.78, 5) is 12.0. The van der Waals surface area contributed by atoms with Crippen LogP contribution in [-0.4, -0.2) is 11.0 Å². The molecule has 5 heteroatoms. The first-order valence-corrected chi connectivity index (χ1v) is 6.30. The second-order valence-electron chi connectivity index (χ2n) is 3.57. The van der Waals surface area contributed by atoms with E-state index >= 15 is 0 Å². The van der Waals surface area contributed by atoms with Crippen LogP contribution in [0.3, 0.4) is 0 Å². The van der Waals surface area contributed by atoms with Crippen molar-refractivity contribution in [3.63, 3.8) is 0 Å². The molecule has 0 saturated carbocycles. The van der Waals surface area contributed by atoms with E-state index < -0.39 is 5.91 Å². The maximum absolute atomic E-state index is 12.0. The minimum absolute atomic E-state index is 0.0953. The molecule has 2 aromatic carbocycles. The molecule has 0 aliphatic heterocycles. The summed E-state index contributed by atoms with van der Waals surface area (Å²) in [5.41, 5.74) is 0.688. The standard InChI is InChI=1S/C13H9BrClNO2/c14-9-5-3-4-8(12(9)17)13(18)16-11-7-2-1-6-10(11)15/h1-7,17H,(H,16,18). The van der Waals surface area contributed by atoms with Crippen LogP contribution < -0.4 is 5.32 Å². The average Bonchev–Trinajstić information content (AvgIpc) is 2.35. The minimum atomic E-state index is -0.415. The smallest absolute Gasteiger partial charge is 0.259 e. The zero-order valence-corrected chi connectivity index (χ0v) is 11.5. The molecule has 0 aliphatic carbocycles. The number of hydrogen-bond donors (Lipinski definition) is 2. The van der Waals surface area contributed by atoms with Crippen molar-refractivity contribution in [1.29, 1.82) is 0 Å². The summed E-state index contributed by atoms with van der Waals surface area (Å²) in [5, 5.41) is 12.9. The van der Waals surface area contributed by atoms with Gasteiger partial charge in [-0.05, 0) is 40.2 Å². The summed E-state index contributed by atoms with van der Waals surface area (Å²) < 4.78 is 0.467. The van der Waals surface area contributed by atoms with E-state index in [4.69, 9.17) is 11.6 Å². The summed E-state index contributed by atoms with van der Waals surface area (Å²) >= 11 is 9.10. The Labute approximate surface area is 118 Å². The van der Waals surface area contributed by atoms with Gasteiger partial charge >= 0.3 is 0 Å². The molecule has 18 heavy (non-hydrogen) atoms. The van der Waals surface area contributed by atoms with Gasteiger partial charge in [-0.25, -0.2) is 0 Å². The molecule has 92 valence electrons. The molecule has 0 spiro atoms. The van der Waals surface area contributed by atoms with Crippen molar-refractivity contribution in [3.8, 4) is 5.75 Å². The number of phenolic OH excluding ortho intramolecular Hbond substituents is 1. The number of para-hydroxylation sites is 2. The maximum atomic E-state index is 12.0. The third-order valence-corrected chi connectivity index (χ3v) is 3.32. The fourth-order valence-electron chi connectivity index (χ4n) is 1.45. The van der Waals surface area contributed by atoms with Gasteiger partial charge in [-0.1, -0.05) is 29.8 Å².